The maximum atomic E-state index is 14.4. The van der Waals surface area contributed by atoms with E-state index in [1.165, 1.54) is 23.6 Å². The zero-order valence-corrected chi connectivity index (χ0v) is 34.6. The number of esters is 1. The van der Waals surface area contributed by atoms with Crippen molar-refractivity contribution in [2.45, 2.75) is 72.2 Å². The summed E-state index contributed by atoms with van der Waals surface area (Å²) in [6.45, 7) is 12.7. The number of amides is 3. The fraction of sp³-hybridized carbons (Fsp3) is 0.429. The standard InChI is InChI=1S/C42H53N9O6S/c1-8-58-37(25(2)43)29-15-13-28(14-16-29)26(3)45-40(55)34-21-30(57-27(4)52)23-51(34)41(56)38(42(5,6)7)46-36(54)24-49-17-19-50(20-18-49)33-22-32(47-48-39(33)44)31-11-9-10-12-35(31)53/h1,9-16,22,26,30,34,38,53H,17-21,23-24,43H2,2-7H3,(H2,44,48)(H,45,55)(H,46,54)/b37-25-/t26-,30+,34-,38+/m0/s1. The third kappa shape index (κ3) is 10.6. The number of aromatic hydroxyl groups is 1. The Labute approximate surface area is 343 Å². The lowest BCUT2D eigenvalue weighted by molar-refractivity contribution is -0.147. The molecule has 4 atom stereocenters. The van der Waals surface area contributed by atoms with Gasteiger partial charge in [-0.3, -0.25) is 24.1 Å². The minimum Gasteiger partial charge on any atom is -0.507 e. The number of benzene rings is 2. The van der Waals surface area contributed by atoms with Gasteiger partial charge < -0.3 is 41.7 Å². The zero-order chi connectivity index (χ0) is 42.3. The molecule has 0 spiro atoms. The van der Waals surface area contributed by atoms with Crippen molar-refractivity contribution >= 4 is 51.9 Å². The summed E-state index contributed by atoms with van der Waals surface area (Å²) >= 11 is 1.20. The molecule has 3 amide bonds. The fourth-order valence-corrected chi connectivity index (χ4v) is 7.72. The summed E-state index contributed by atoms with van der Waals surface area (Å²) in [5.41, 5.74) is 15.5. The van der Waals surface area contributed by atoms with Crippen LogP contribution in [0.4, 0.5) is 11.5 Å². The summed E-state index contributed by atoms with van der Waals surface area (Å²) in [7, 11) is 0. The molecule has 0 saturated carbocycles. The van der Waals surface area contributed by atoms with E-state index in [4.69, 9.17) is 22.6 Å². The SMILES string of the molecule is C#CS/C(=C(/C)N)c1ccc([C@H](C)NC(=O)[C@@H]2C[C@@H](OC(C)=O)CN2C(=O)[C@@H](NC(=O)CN2CCN(c3cc(-c4ccccc4O)nnc3N)CC2)C(C)(C)C)cc1. The number of terminal acetylenes is 1. The van der Waals surface area contributed by atoms with Crippen LogP contribution in [0.3, 0.4) is 0 Å². The van der Waals surface area contributed by atoms with E-state index in [0.29, 0.717) is 48.8 Å². The van der Waals surface area contributed by atoms with Crippen LogP contribution >= 0.6 is 11.8 Å². The van der Waals surface area contributed by atoms with Gasteiger partial charge in [0.1, 0.15) is 23.9 Å². The number of nitrogens with zero attached hydrogens (tertiary/aromatic N) is 5. The zero-order valence-electron chi connectivity index (χ0n) is 33.8. The molecule has 7 N–H and O–H groups in total. The molecule has 3 heterocycles. The largest absolute Gasteiger partial charge is 0.507 e. The Kier molecular flexibility index (Phi) is 13.9. The Bertz CT molecular complexity index is 2070. The van der Waals surface area contributed by atoms with Gasteiger partial charge in [0.2, 0.25) is 17.7 Å². The highest BCUT2D eigenvalue weighted by atomic mass is 32.2. The Morgan fingerprint density at radius 1 is 1.03 bits per heavy atom. The molecule has 15 nitrogen and oxygen atoms in total. The molecular weight excluding hydrogens is 759 g/mol. The number of rotatable bonds is 12. The predicted molar refractivity (Wildman–Crippen MR) is 225 cm³/mol. The lowest BCUT2D eigenvalue weighted by Crippen LogP contribution is -2.59. The van der Waals surface area contributed by atoms with Gasteiger partial charge in [-0.2, -0.15) is 0 Å². The third-order valence-corrected chi connectivity index (χ3v) is 11.1. The van der Waals surface area contributed by atoms with Crippen LogP contribution < -0.4 is 27.0 Å². The number of ether oxygens (including phenoxy) is 1. The summed E-state index contributed by atoms with van der Waals surface area (Å²) in [4.78, 5) is 60.2. The van der Waals surface area contributed by atoms with E-state index in [0.717, 1.165) is 16.0 Å². The average Bonchev–Trinajstić information content (AvgIpc) is 3.59. The van der Waals surface area contributed by atoms with Gasteiger partial charge in [-0.15, -0.1) is 16.6 Å². The molecule has 0 bridgehead atoms. The van der Waals surface area contributed by atoms with Crippen molar-refractivity contribution in [3.8, 4) is 28.7 Å². The summed E-state index contributed by atoms with van der Waals surface area (Å²) in [6, 6.07) is 13.8. The number of anilines is 2. The minimum atomic E-state index is -0.984. The van der Waals surface area contributed by atoms with E-state index < -0.39 is 47.4 Å². The molecule has 2 aliphatic heterocycles. The highest BCUT2D eigenvalue weighted by Gasteiger charge is 2.46. The summed E-state index contributed by atoms with van der Waals surface area (Å²) in [5, 5.41) is 27.2. The van der Waals surface area contributed by atoms with Crippen molar-refractivity contribution in [1.82, 2.24) is 30.6 Å². The van der Waals surface area contributed by atoms with Gasteiger partial charge in [0.05, 0.1) is 30.5 Å². The Hall–Kier alpha value is -5.79. The van der Waals surface area contributed by atoms with Gasteiger partial charge in [0, 0.05) is 55.7 Å². The van der Waals surface area contributed by atoms with Crippen molar-refractivity contribution in [1.29, 1.82) is 0 Å². The third-order valence-electron chi connectivity index (χ3n) is 10.2. The number of thioether (sulfide) groups is 1. The number of hydrogen-bond donors (Lipinski definition) is 5. The second kappa shape index (κ2) is 18.6. The number of likely N-dealkylation sites (tertiary alicyclic amines) is 1. The molecule has 2 fully saturated rings. The van der Waals surface area contributed by atoms with Gasteiger partial charge in [0.25, 0.3) is 0 Å². The molecule has 16 heteroatoms. The topological polar surface area (TPSA) is 209 Å². The van der Waals surface area contributed by atoms with Crippen LogP contribution in [-0.2, 0) is 23.9 Å². The van der Waals surface area contributed by atoms with Gasteiger partial charge in [-0.25, -0.2) is 0 Å². The van der Waals surface area contributed by atoms with Gasteiger partial charge in [-0.05, 0) is 65.6 Å². The van der Waals surface area contributed by atoms with E-state index >= 15 is 0 Å². The van der Waals surface area contributed by atoms with E-state index in [2.05, 4.69) is 31.0 Å². The lowest BCUT2D eigenvalue weighted by atomic mass is 9.85. The summed E-state index contributed by atoms with van der Waals surface area (Å²) in [5.74, 6) is -1.37. The molecule has 0 radical (unpaired) electrons. The number of nitrogens with one attached hydrogen (secondary N) is 2. The molecule has 0 unspecified atom stereocenters. The lowest BCUT2D eigenvalue weighted by Gasteiger charge is -2.38. The minimum absolute atomic E-state index is 0.00296. The number of hydrogen-bond acceptors (Lipinski definition) is 13. The molecule has 2 aliphatic rings. The number of phenolic OH excluding ortho intramolecular Hbond substituents is 1. The number of nitrogens with two attached hydrogens (primary N) is 2. The molecule has 308 valence electrons. The summed E-state index contributed by atoms with van der Waals surface area (Å²) in [6.07, 6.45) is 4.91. The van der Waals surface area contributed by atoms with Crippen LogP contribution in [0.25, 0.3) is 16.2 Å². The van der Waals surface area contributed by atoms with Crippen molar-refractivity contribution < 1.29 is 29.0 Å². The van der Waals surface area contributed by atoms with Gasteiger partial charge >= 0.3 is 5.97 Å². The van der Waals surface area contributed by atoms with E-state index in [1.54, 1.807) is 37.3 Å². The number of para-hydroxylation sites is 1. The number of allylic oxidation sites excluding steroid dienone is 1. The molecule has 58 heavy (non-hydrogen) atoms. The van der Waals surface area contributed by atoms with Crippen LogP contribution in [0.2, 0.25) is 0 Å². The molecule has 0 aliphatic carbocycles. The smallest absolute Gasteiger partial charge is 0.302 e. The number of piperazine rings is 1. The first kappa shape index (κ1) is 43.3. The number of nitrogen functional groups attached to an aromatic ring is 1. The molecule has 1 aromatic heterocycles. The maximum absolute atomic E-state index is 14.4. The van der Waals surface area contributed by atoms with Crippen LogP contribution in [0, 0.1) is 17.1 Å². The highest BCUT2D eigenvalue weighted by Crippen LogP contribution is 2.33. The van der Waals surface area contributed by atoms with E-state index in [1.807, 2.05) is 56.9 Å². The fourth-order valence-electron chi connectivity index (χ4n) is 7.19. The molecule has 2 saturated heterocycles. The van der Waals surface area contributed by atoms with Crippen LogP contribution in [0.1, 0.15) is 65.1 Å². The maximum Gasteiger partial charge on any atom is 0.302 e. The van der Waals surface area contributed by atoms with E-state index in [9.17, 15) is 24.3 Å². The van der Waals surface area contributed by atoms with Crippen LogP contribution in [0.15, 0.2) is 60.3 Å². The monoisotopic (exact) mass is 811 g/mol. The van der Waals surface area contributed by atoms with E-state index in [-0.39, 0.29) is 37.0 Å². The van der Waals surface area contributed by atoms with Gasteiger partial charge in [-0.1, -0.05) is 57.2 Å². The molecule has 3 aromatic rings. The Balaban J connectivity index is 1.24. The van der Waals surface area contributed by atoms with Crippen molar-refractivity contribution in [2.75, 3.05) is 49.9 Å². The molecule has 2 aromatic carbocycles. The first-order chi connectivity index (χ1) is 27.5. The van der Waals surface area contributed by atoms with Crippen molar-refractivity contribution in [3.63, 3.8) is 0 Å². The highest BCUT2D eigenvalue weighted by molar-refractivity contribution is 8.12. The quantitative estimate of drug-likeness (QED) is 0.131. The van der Waals surface area contributed by atoms with Crippen molar-refractivity contribution in [2.24, 2.45) is 11.1 Å². The number of carbonyl (C=O) groups is 4. The van der Waals surface area contributed by atoms with Crippen LogP contribution in [0.5, 0.6) is 5.75 Å². The number of aromatic nitrogens is 2. The first-order valence-corrected chi connectivity index (χ1v) is 19.9. The van der Waals surface area contributed by atoms with Crippen LogP contribution in [-0.4, -0.2) is 106 Å². The van der Waals surface area contributed by atoms with Gasteiger partial charge in [0.15, 0.2) is 5.82 Å². The molecule has 5 rings (SSSR count). The second-order valence-corrected chi connectivity index (χ2v) is 16.6. The van der Waals surface area contributed by atoms with Crippen molar-refractivity contribution in [3.05, 3.63) is 71.4 Å². The predicted octanol–water partition coefficient (Wildman–Crippen LogP) is 3.47. The number of carbonyl (C=O) groups excluding carboxylic acids is 4. The summed E-state index contributed by atoms with van der Waals surface area (Å²) < 4.78 is 5.50. The average molecular weight is 812 g/mol. The Morgan fingerprint density at radius 2 is 1.71 bits per heavy atom. The molecular formula is C42H53N9O6S. The first-order valence-electron chi connectivity index (χ1n) is 19.1. The second-order valence-electron chi connectivity index (χ2n) is 15.7. The normalized spacial score (nSPS) is 18.7. The Morgan fingerprint density at radius 3 is 2.31 bits per heavy atom. The number of phenols is 1.